The Morgan fingerprint density at radius 1 is 1.22 bits per heavy atom. The lowest BCUT2D eigenvalue weighted by Gasteiger charge is -2.27. The van der Waals surface area contributed by atoms with E-state index in [9.17, 15) is 18.4 Å². The monoisotopic (exact) mass is 300 g/mol. The highest BCUT2D eigenvalue weighted by Crippen LogP contribution is 2.24. The van der Waals surface area contributed by atoms with Crippen LogP contribution in [0.25, 0.3) is 0 Å². The van der Waals surface area contributed by atoms with Gasteiger partial charge in [0.05, 0.1) is 6.42 Å². The van der Waals surface area contributed by atoms with Crippen molar-refractivity contribution in [3.63, 3.8) is 0 Å². The van der Waals surface area contributed by atoms with E-state index >= 15 is 0 Å². The third-order valence-electron chi connectivity index (χ3n) is 2.44. The van der Waals surface area contributed by atoms with E-state index in [0.29, 0.717) is 0 Å². The summed E-state index contributed by atoms with van der Waals surface area (Å²) in [5.41, 5.74) is -2.52. The second-order valence-electron chi connectivity index (χ2n) is 3.79. The van der Waals surface area contributed by atoms with Gasteiger partial charge in [-0.15, -0.1) is 0 Å². The number of hydrogen-bond acceptors (Lipinski definition) is 5. The molecule has 0 aliphatic carbocycles. The van der Waals surface area contributed by atoms with Crippen LogP contribution < -0.4 is 10.6 Å². The molecule has 8 heteroatoms. The summed E-state index contributed by atoms with van der Waals surface area (Å²) in [6, 6.07) is 0. The van der Waals surface area contributed by atoms with Crippen LogP contribution in [0.1, 0.15) is 13.3 Å². The van der Waals surface area contributed by atoms with Crippen molar-refractivity contribution in [2.45, 2.75) is 24.8 Å². The summed E-state index contributed by atoms with van der Waals surface area (Å²) in [4.78, 5) is 23.1. The van der Waals surface area contributed by atoms with E-state index in [2.05, 4.69) is 35.9 Å². The molecule has 0 aliphatic heterocycles. The van der Waals surface area contributed by atoms with E-state index < -0.39 is 41.1 Å². The summed E-state index contributed by atoms with van der Waals surface area (Å²) in [6.45, 7) is 1.79. The zero-order valence-corrected chi connectivity index (χ0v) is 12.1. The summed E-state index contributed by atoms with van der Waals surface area (Å²) < 4.78 is 28.2. The zero-order valence-electron chi connectivity index (χ0n) is 10.3. The molecule has 0 aliphatic rings. The minimum absolute atomic E-state index is 0.183. The standard InChI is InChI=1S/C10H18F2N2O2S2/c1-3-14-10(12,6-18)7(15)4-9(11,5-17)8(16)13-2/h14,17-18H,3-6H2,1-2H3,(H,13,16)/t9-,10-/m0/s1. The highest BCUT2D eigenvalue weighted by atomic mass is 32.1. The lowest BCUT2D eigenvalue weighted by atomic mass is 9.95. The Morgan fingerprint density at radius 2 is 1.78 bits per heavy atom. The molecule has 0 unspecified atom stereocenters. The van der Waals surface area contributed by atoms with Crippen LogP contribution in [0, 0.1) is 0 Å². The van der Waals surface area contributed by atoms with Crippen molar-refractivity contribution in [3.8, 4) is 0 Å². The fourth-order valence-electron chi connectivity index (χ4n) is 1.35. The molecule has 2 N–H and O–H groups in total. The van der Waals surface area contributed by atoms with Crippen molar-refractivity contribution in [2.75, 3.05) is 25.1 Å². The molecule has 0 saturated carbocycles. The first kappa shape index (κ1) is 17.7. The van der Waals surface area contributed by atoms with Gasteiger partial charge in [0.2, 0.25) is 11.5 Å². The molecule has 2 atom stereocenters. The molecule has 0 radical (unpaired) electrons. The first-order valence-corrected chi connectivity index (χ1v) is 6.66. The summed E-state index contributed by atoms with van der Waals surface area (Å²) in [5.74, 6) is -5.43. The summed E-state index contributed by atoms with van der Waals surface area (Å²) in [6.07, 6.45) is -0.889. The minimum atomic E-state index is -2.52. The van der Waals surface area contributed by atoms with Crippen molar-refractivity contribution < 1.29 is 18.4 Å². The maximum absolute atomic E-state index is 14.1. The van der Waals surface area contributed by atoms with Crippen LogP contribution in [0.15, 0.2) is 0 Å². The minimum Gasteiger partial charge on any atom is -0.356 e. The number of halogens is 2. The quantitative estimate of drug-likeness (QED) is 0.391. The second-order valence-corrected chi connectivity index (χ2v) is 4.42. The molecule has 106 valence electrons. The van der Waals surface area contributed by atoms with Crippen LogP contribution in [-0.2, 0) is 9.59 Å². The topological polar surface area (TPSA) is 58.2 Å². The van der Waals surface area contributed by atoms with E-state index in [4.69, 9.17) is 0 Å². The number of thiol groups is 2. The maximum Gasteiger partial charge on any atom is 0.258 e. The fourth-order valence-corrected chi connectivity index (χ4v) is 1.89. The number of carbonyl (C=O) groups is 2. The zero-order chi connectivity index (χ0) is 14.4. The van der Waals surface area contributed by atoms with E-state index in [-0.39, 0.29) is 6.54 Å². The van der Waals surface area contributed by atoms with Crippen molar-refractivity contribution in [1.29, 1.82) is 0 Å². The molecule has 1 amide bonds. The highest BCUT2D eigenvalue weighted by Gasteiger charge is 2.45. The van der Waals surface area contributed by atoms with Crippen molar-refractivity contribution >= 4 is 36.9 Å². The molecular formula is C10H18F2N2O2S2. The molecule has 0 heterocycles. The van der Waals surface area contributed by atoms with Crippen molar-refractivity contribution in [2.24, 2.45) is 0 Å². The number of ketones is 1. The molecule has 0 aromatic rings. The molecule has 0 fully saturated rings. The maximum atomic E-state index is 14.1. The van der Waals surface area contributed by atoms with Crippen LogP contribution in [-0.4, -0.2) is 48.3 Å². The molecule has 4 nitrogen and oxygen atoms in total. The summed E-state index contributed by atoms with van der Waals surface area (Å²) in [7, 11) is 1.23. The highest BCUT2D eigenvalue weighted by molar-refractivity contribution is 7.80. The van der Waals surface area contributed by atoms with Crippen molar-refractivity contribution in [3.05, 3.63) is 0 Å². The lowest BCUT2D eigenvalue weighted by molar-refractivity contribution is -0.141. The predicted molar refractivity (Wildman–Crippen MR) is 72.8 cm³/mol. The Balaban J connectivity index is 4.95. The summed E-state index contributed by atoms with van der Waals surface area (Å²) in [5, 5.41) is 4.38. The number of hydrogen-bond donors (Lipinski definition) is 4. The van der Waals surface area contributed by atoms with Gasteiger partial charge in [-0.25, -0.2) is 8.78 Å². The van der Waals surface area contributed by atoms with Gasteiger partial charge < -0.3 is 5.32 Å². The first-order valence-electron chi connectivity index (χ1n) is 5.39. The molecule has 0 rings (SSSR count). The van der Waals surface area contributed by atoms with Gasteiger partial charge in [0.25, 0.3) is 5.91 Å². The van der Waals surface area contributed by atoms with Gasteiger partial charge in [0.15, 0.2) is 5.78 Å². The average molecular weight is 300 g/mol. The smallest absolute Gasteiger partial charge is 0.258 e. The van der Waals surface area contributed by atoms with Gasteiger partial charge in [-0.1, -0.05) is 6.92 Å². The summed E-state index contributed by atoms with van der Waals surface area (Å²) >= 11 is 7.42. The van der Waals surface area contributed by atoms with Crippen LogP contribution in [0.3, 0.4) is 0 Å². The number of nitrogens with one attached hydrogen (secondary N) is 2. The normalized spacial score (nSPS) is 17.7. The Kier molecular flexibility index (Phi) is 7.16. The van der Waals surface area contributed by atoms with Crippen molar-refractivity contribution in [1.82, 2.24) is 10.6 Å². The molecule has 0 aromatic heterocycles. The Bertz CT molecular complexity index is 320. The Hall–Kier alpha value is -0.340. The number of carbonyl (C=O) groups excluding carboxylic acids is 2. The van der Waals surface area contributed by atoms with E-state index in [1.165, 1.54) is 7.05 Å². The molecular weight excluding hydrogens is 282 g/mol. The average Bonchev–Trinajstić information content (AvgIpc) is 2.37. The van der Waals surface area contributed by atoms with Gasteiger partial charge in [-0.05, 0) is 6.54 Å². The van der Waals surface area contributed by atoms with E-state index in [1.807, 2.05) is 0 Å². The Labute approximate surface area is 116 Å². The van der Waals surface area contributed by atoms with Gasteiger partial charge in [-0.3, -0.25) is 14.9 Å². The van der Waals surface area contributed by atoms with Crippen LogP contribution in [0.2, 0.25) is 0 Å². The van der Waals surface area contributed by atoms with Gasteiger partial charge >= 0.3 is 0 Å². The van der Waals surface area contributed by atoms with Crippen LogP contribution >= 0.6 is 25.3 Å². The Morgan fingerprint density at radius 3 is 2.11 bits per heavy atom. The predicted octanol–water partition coefficient (Wildman–Crippen LogP) is 0.535. The third-order valence-corrected chi connectivity index (χ3v) is 3.38. The number of likely N-dealkylation sites (N-methyl/N-ethyl adjacent to an activating group) is 1. The second kappa shape index (κ2) is 7.30. The molecule has 18 heavy (non-hydrogen) atoms. The molecule has 0 spiro atoms. The lowest BCUT2D eigenvalue weighted by Crippen LogP contribution is -2.54. The van der Waals surface area contributed by atoms with E-state index in [0.717, 1.165) is 0 Å². The third kappa shape index (κ3) is 4.10. The van der Waals surface area contributed by atoms with Crippen LogP contribution in [0.4, 0.5) is 8.78 Å². The van der Waals surface area contributed by atoms with E-state index in [1.54, 1.807) is 6.92 Å². The van der Waals surface area contributed by atoms with Gasteiger partial charge in [0.1, 0.15) is 0 Å². The van der Waals surface area contributed by atoms with Gasteiger partial charge in [0, 0.05) is 18.6 Å². The molecule has 0 saturated heterocycles. The SMILES string of the molecule is CCN[C@@](F)(CS)C(=O)C[C@](F)(CS)C(=O)NC. The fraction of sp³-hybridized carbons (Fsp3) is 0.800. The number of alkyl halides is 2. The van der Waals surface area contributed by atoms with Gasteiger partial charge in [-0.2, -0.15) is 25.3 Å². The number of amides is 1. The molecule has 0 aromatic carbocycles. The largest absolute Gasteiger partial charge is 0.356 e. The number of rotatable bonds is 8. The van der Waals surface area contributed by atoms with Crippen LogP contribution in [0.5, 0.6) is 0 Å². The first-order chi connectivity index (χ1) is 8.29. The molecule has 0 bridgehead atoms. The number of Topliss-reactive ketones (excluding diaryl/α,β-unsaturated/α-hetero) is 1.